The van der Waals surface area contributed by atoms with Gasteiger partial charge in [0.25, 0.3) is 0 Å². The van der Waals surface area contributed by atoms with Crippen molar-refractivity contribution in [2.45, 2.75) is 39.2 Å². The van der Waals surface area contributed by atoms with Gasteiger partial charge in [0.1, 0.15) is 29.8 Å². The zero-order valence-electron chi connectivity index (χ0n) is 27.4. The molecule has 0 unspecified atom stereocenters. The summed E-state index contributed by atoms with van der Waals surface area (Å²) in [5, 5.41) is 15.8. The Balaban J connectivity index is 1.19. The van der Waals surface area contributed by atoms with Gasteiger partial charge in [-0.15, -0.1) is 0 Å². The van der Waals surface area contributed by atoms with Crippen molar-refractivity contribution in [3.8, 4) is 11.4 Å². The number of carbonyl (C=O) groups excluding carboxylic acids is 1. The molecule has 0 fully saturated rings. The number of rotatable bonds is 11. The van der Waals surface area contributed by atoms with Crippen LogP contribution in [0, 0.1) is 0 Å². The number of pyridine rings is 1. The van der Waals surface area contributed by atoms with Crippen molar-refractivity contribution in [1.29, 1.82) is 0 Å². The van der Waals surface area contributed by atoms with Crippen LogP contribution < -0.4 is 20.7 Å². The van der Waals surface area contributed by atoms with E-state index in [1.165, 1.54) is 0 Å². The molecule has 11 nitrogen and oxygen atoms in total. The molecule has 0 aliphatic rings. The van der Waals surface area contributed by atoms with Crippen molar-refractivity contribution in [3.05, 3.63) is 120 Å². The van der Waals surface area contributed by atoms with E-state index in [0.29, 0.717) is 42.1 Å². The summed E-state index contributed by atoms with van der Waals surface area (Å²) in [6, 6.07) is 25.0. The van der Waals surface area contributed by atoms with Crippen LogP contribution in [0.25, 0.3) is 16.5 Å². The number of ether oxygens (including phenoxy) is 2. The third-order valence-electron chi connectivity index (χ3n) is 7.64. The first-order valence-corrected chi connectivity index (χ1v) is 15.7. The lowest BCUT2D eigenvalue weighted by Gasteiger charge is -2.15. The second-order valence-corrected chi connectivity index (χ2v) is 12.3. The summed E-state index contributed by atoms with van der Waals surface area (Å²) in [6.45, 7) is 7.23. The fourth-order valence-electron chi connectivity index (χ4n) is 5.16. The van der Waals surface area contributed by atoms with Crippen LogP contribution >= 0.6 is 0 Å². The van der Waals surface area contributed by atoms with Gasteiger partial charge in [0.15, 0.2) is 0 Å². The zero-order chi connectivity index (χ0) is 33.5. The minimum atomic E-state index is -0.383. The Morgan fingerprint density at radius 3 is 2.46 bits per heavy atom. The summed E-state index contributed by atoms with van der Waals surface area (Å²) in [5.74, 6) is 2.50. The van der Waals surface area contributed by atoms with Gasteiger partial charge >= 0.3 is 6.03 Å². The molecule has 0 spiro atoms. The van der Waals surface area contributed by atoms with Crippen molar-refractivity contribution in [1.82, 2.24) is 24.7 Å². The lowest BCUT2D eigenvalue weighted by molar-refractivity contribution is 0.202. The molecule has 6 aromatic rings. The van der Waals surface area contributed by atoms with E-state index in [4.69, 9.17) is 14.6 Å². The Labute approximate surface area is 279 Å². The van der Waals surface area contributed by atoms with E-state index in [-0.39, 0.29) is 11.4 Å². The molecule has 2 amide bonds. The molecule has 0 aliphatic carbocycles. The molecule has 3 heterocycles. The highest BCUT2D eigenvalue weighted by Crippen LogP contribution is 2.33. The van der Waals surface area contributed by atoms with E-state index in [1.54, 1.807) is 36.6 Å². The van der Waals surface area contributed by atoms with Crippen LogP contribution in [0.3, 0.4) is 0 Å². The van der Waals surface area contributed by atoms with Crippen molar-refractivity contribution in [2.24, 2.45) is 0 Å². The van der Waals surface area contributed by atoms with Gasteiger partial charge in [-0.3, -0.25) is 10.3 Å². The van der Waals surface area contributed by atoms with Crippen LogP contribution in [-0.4, -0.2) is 44.5 Å². The summed E-state index contributed by atoms with van der Waals surface area (Å²) in [7, 11) is 1.69. The number of nitrogens with one attached hydrogen (secondary N) is 3. The molecule has 0 atom stereocenters. The van der Waals surface area contributed by atoms with Gasteiger partial charge in [0.2, 0.25) is 0 Å². The van der Waals surface area contributed by atoms with Crippen LogP contribution in [0.15, 0.2) is 104 Å². The number of hydrogen-bond donors (Lipinski definition) is 3. The number of hydrogen-bond acceptors (Lipinski definition) is 8. The maximum absolute atomic E-state index is 13.5. The van der Waals surface area contributed by atoms with Gasteiger partial charge in [-0.05, 0) is 53.9 Å². The monoisotopic (exact) mass is 642 g/mol. The van der Waals surface area contributed by atoms with E-state index >= 15 is 0 Å². The number of aromatic nitrogens is 5. The number of urea groups is 1. The van der Waals surface area contributed by atoms with Crippen molar-refractivity contribution in [3.63, 3.8) is 0 Å². The van der Waals surface area contributed by atoms with Crippen LogP contribution in [0.5, 0.6) is 5.75 Å². The predicted octanol–water partition coefficient (Wildman–Crippen LogP) is 7.66. The van der Waals surface area contributed by atoms with Crippen LogP contribution in [0.2, 0.25) is 0 Å². The summed E-state index contributed by atoms with van der Waals surface area (Å²) >= 11 is 0. The minimum absolute atomic E-state index is 0.219. The fraction of sp³-hybridized carbons (Fsp3) is 0.216. The molecule has 3 aromatic heterocycles. The lowest BCUT2D eigenvalue weighted by Crippen LogP contribution is -2.21. The van der Waals surface area contributed by atoms with E-state index in [0.717, 1.165) is 39.7 Å². The minimum Gasteiger partial charge on any atom is -0.488 e. The molecule has 0 aliphatic heterocycles. The molecule has 0 saturated heterocycles. The number of anilines is 4. The molecule has 244 valence electrons. The molecule has 0 radical (unpaired) electrons. The second kappa shape index (κ2) is 14.3. The van der Waals surface area contributed by atoms with Gasteiger partial charge in [-0.1, -0.05) is 57.2 Å². The highest BCUT2D eigenvalue weighted by atomic mass is 16.5. The molecule has 3 N–H and O–H groups in total. The zero-order valence-corrected chi connectivity index (χ0v) is 27.4. The van der Waals surface area contributed by atoms with E-state index in [2.05, 4.69) is 63.8 Å². The van der Waals surface area contributed by atoms with Crippen molar-refractivity contribution < 1.29 is 14.3 Å². The van der Waals surface area contributed by atoms with Crippen LogP contribution in [0.4, 0.5) is 27.9 Å². The number of amides is 2. The molecular formula is C37H38N8O3. The number of benzene rings is 3. The Morgan fingerprint density at radius 1 is 0.833 bits per heavy atom. The van der Waals surface area contributed by atoms with Gasteiger partial charge in [0.05, 0.1) is 29.9 Å². The van der Waals surface area contributed by atoms with E-state index in [1.807, 2.05) is 66.7 Å². The molecule has 0 saturated carbocycles. The van der Waals surface area contributed by atoms with Crippen LogP contribution in [-0.2, 0) is 23.2 Å². The number of nitrogens with zero attached hydrogens (tertiary/aromatic N) is 5. The number of carbonyl (C=O) groups is 1. The van der Waals surface area contributed by atoms with Crippen LogP contribution in [0.1, 0.15) is 37.6 Å². The summed E-state index contributed by atoms with van der Waals surface area (Å²) < 4.78 is 13.3. The highest BCUT2D eigenvalue weighted by Gasteiger charge is 2.22. The maximum atomic E-state index is 13.5. The second-order valence-electron chi connectivity index (χ2n) is 12.3. The SMILES string of the molecule is COCCc1cccc(-n2nc(C(C)(C)C)cc2NC(=O)Nc2ccc(OCc3ccnc(Nc4cnccn4)c3)c3ccccc23)c1. The van der Waals surface area contributed by atoms with Gasteiger partial charge in [-0.25, -0.2) is 19.4 Å². The molecule has 0 bridgehead atoms. The molecule has 6 rings (SSSR count). The third-order valence-corrected chi connectivity index (χ3v) is 7.64. The Hall–Kier alpha value is -5.81. The molecule has 3 aromatic carbocycles. The number of methoxy groups -OCH3 is 1. The fourth-order valence-corrected chi connectivity index (χ4v) is 5.16. The summed E-state index contributed by atoms with van der Waals surface area (Å²) in [6.07, 6.45) is 7.36. The summed E-state index contributed by atoms with van der Waals surface area (Å²) in [4.78, 5) is 26.2. The quantitative estimate of drug-likeness (QED) is 0.131. The standard InChI is InChI=1S/C37H38N8O3/c1-37(2,3)32-22-35(45(44-32)27-9-7-8-25(20-27)15-19-47-4)43-36(46)41-30-12-13-31(29-11-6-5-10-28(29)30)48-24-26-14-16-39-33(21-26)42-34-23-38-17-18-40-34/h5-14,16-18,20-23H,15,19,24H2,1-4H3,(H,39,40,42)(H2,41,43,46). The summed E-state index contributed by atoms with van der Waals surface area (Å²) in [5.41, 5.74) is 4.19. The Morgan fingerprint density at radius 2 is 1.67 bits per heavy atom. The predicted molar refractivity (Wildman–Crippen MR) is 188 cm³/mol. The Bertz CT molecular complexity index is 2020. The van der Waals surface area contributed by atoms with Crippen molar-refractivity contribution in [2.75, 3.05) is 29.7 Å². The average molecular weight is 643 g/mol. The van der Waals surface area contributed by atoms with E-state index < -0.39 is 0 Å². The van der Waals surface area contributed by atoms with Crippen molar-refractivity contribution >= 4 is 39.9 Å². The molecule has 48 heavy (non-hydrogen) atoms. The topological polar surface area (TPSA) is 128 Å². The third kappa shape index (κ3) is 7.76. The van der Waals surface area contributed by atoms with Gasteiger partial charge in [0, 0.05) is 48.0 Å². The first-order valence-electron chi connectivity index (χ1n) is 15.7. The highest BCUT2D eigenvalue weighted by molar-refractivity contribution is 6.07. The number of fused-ring (bicyclic) bond motifs is 1. The average Bonchev–Trinajstić information content (AvgIpc) is 3.52. The van der Waals surface area contributed by atoms with Gasteiger partial charge < -0.3 is 20.1 Å². The van der Waals surface area contributed by atoms with E-state index in [9.17, 15) is 4.79 Å². The Kier molecular flexibility index (Phi) is 9.58. The normalized spacial score (nSPS) is 11.3. The molecular weight excluding hydrogens is 604 g/mol. The maximum Gasteiger partial charge on any atom is 0.324 e. The molecule has 11 heteroatoms. The largest absolute Gasteiger partial charge is 0.488 e. The smallest absolute Gasteiger partial charge is 0.324 e. The first kappa shape index (κ1) is 32.1. The first-order chi connectivity index (χ1) is 23.3. The van der Waals surface area contributed by atoms with Gasteiger partial charge in [-0.2, -0.15) is 5.10 Å². The lowest BCUT2D eigenvalue weighted by atomic mass is 9.92.